The molecule has 7 nitrogen and oxygen atoms in total. The number of aliphatic hydroxyl groups excluding tert-OH is 2. The second-order valence-electron chi connectivity index (χ2n) is 5.12. The van der Waals surface area contributed by atoms with Gasteiger partial charge in [0, 0.05) is 13.1 Å². The third-order valence-corrected chi connectivity index (χ3v) is 3.03. The van der Waals surface area contributed by atoms with E-state index in [4.69, 9.17) is 20.0 Å². The molecule has 0 saturated heterocycles. The molecule has 0 atom stereocenters. The molecule has 0 rings (SSSR count). The van der Waals surface area contributed by atoms with Gasteiger partial charge in [-0.1, -0.05) is 39.5 Å². The minimum atomic E-state index is -4.24. The number of aliphatic hydroxyl groups is 2. The minimum Gasteiger partial charge on any atom is -0.395 e. The van der Waals surface area contributed by atoms with Gasteiger partial charge < -0.3 is 25.3 Å². The molecule has 0 aromatic carbocycles. The largest absolute Gasteiger partial charge is 0.469 e. The highest BCUT2D eigenvalue weighted by atomic mass is 31.2. The Kier molecular flexibility index (Phi) is 18.1. The fourth-order valence-electron chi connectivity index (χ4n) is 1.47. The number of nitrogens with one attached hydrogen (secondary N) is 1. The third kappa shape index (κ3) is 28.8. The van der Waals surface area contributed by atoms with Crippen molar-refractivity contribution in [1.29, 1.82) is 0 Å². The second-order valence-corrected chi connectivity index (χ2v) is 6.36. The lowest BCUT2D eigenvalue weighted by Gasteiger charge is -2.05. The first kappa shape index (κ1) is 23.3. The van der Waals surface area contributed by atoms with Crippen LogP contribution in [0.1, 0.15) is 46.0 Å². The Bertz CT molecular complexity index is 243. The average Bonchev–Trinajstić information content (AvgIpc) is 2.37. The Hall–Kier alpha value is -0.0100. The Morgan fingerprint density at radius 1 is 1.00 bits per heavy atom. The maximum Gasteiger partial charge on any atom is 0.469 e. The normalized spacial score (nSPS) is 11.4. The quantitative estimate of drug-likeness (QED) is 0.270. The molecule has 0 fully saturated rings. The molecule has 0 spiro atoms. The van der Waals surface area contributed by atoms with E-state index >= 15 is 0 Å². The van der Waals surface area contributed by atoms with Crippen LogP contribution in [-0.2, 0) is 9.09 Å². The summed E-state index contributed by atoms with van der Waals surface area (Å²) < 4.78 is 14.6. The van der Waals surface area contributed by atoms with Crippen molar-refractivity contribution in [3.05, 3.63) is 0 Å². The minimum absolute atomic E-state index is 0.139. The average molecular weight is 329 g/mol. The Balaban J connectivity index is 0. The number of phosphoric ester groups is 1. The zero-order valence-electron chi connectivity index (χ0n) is 13.2. The van der Waals surface area contributed by atoms with E-state index in [1.54, 1.807) is 0 Å². The van der Waals surface area contributed by atoms with Crippen molar-refractivity contribution in [1.82, 2.24) is 5.32 Å². The molecule has 0 saturated carbocycles. The zero-order chi connectivity index (χ0) is 16.6. The zero-order valence-corrected chi connectivity index (χ0v) is 14.1. The van der Waals surface area contributed by atoms with Crippen LogP contribution in [-0.4, -0.2) is 52.9 Å². The Labute approximate surface area is 128 Å². The van der Waals surface area contributed by atoms with Gasteiger partial charge in [-0.25, -0.2) is 4.57 Å². The summed E-state index contributed by atoms with van der Waals surface area (Å²) in [5.74, 6) is 0.737. The standard InChI is InChI=1S/C9H21O4P.C4H11NO2/c1-9(2)7-5-3-4-6-8-13-14(10,11)12;6-3-1-5-2-4-7/h9H,3-8H2,1-2H3,(H2,10,11,12);5-7H,1-4H2. The molecule has 8 heteroatoms. The number of hydrogen-bond acceptors (Lipinski definition) is 5. The van der Waals surface area contributed by atoms with Gasteiger partial charge in [0.05, 0.1) is 19.8 Å². The lowest BCUT2D eigenvalue weighted by Crippen LogP contribution is -2.21. The van der Waals surface area contributed by atoms with E-state index in [2.05, 4.69) is 23.7 Å². The van der Waals surface area contributed by atoms with Crippen LogP contribution in [0.4, 0.5) is 0 Å². The number of hydrogen-bond donors (Lipinski definition) is 5. The molecule has 0 unspecified atom stereocenters. The molecule has 0 aliphatic carbocycles. The predicted octanol–water partition coefficient (Wildman–Crippen LogP) is 1.26. The van der Waals surface area contributed by atoms with Crippen molar-refractivity contribution in [3.63, 3.8) is 0 Å². The highest BCUT2D eigenvalue weighted by Crippen LogP contribution is 2.35. The Morgan fingerprint density at radius 2 is 1.52 bits per heavy atom. The van der Waals surface area contributed by atoms with Gasteiger partial charge in [-0.3, -0.25) is 4.52 Å². The topological polar surface area (TPSA) is 119 Å². The van der Waals surface area contributed by atoms with Gasteiger partial charge in [0.15, 0.2) is 0 Å². The molecular formula is C13H32NO6P. The van der Waals surface area contributed by atoms with Gasteiger partial charge in [-0.15, -0.1) is 0 Å². The summed E-state index contributed by atoms with van der Waals surface area (Å²) in [5, 5.41) is 19.1. The molecule has 0 radical (unpaired) electrons. The molecule has 0 heterocycles. The van der Waals surface area contributed by atoms with Crippen LogP contribution in [0.3, 0.4) is 0 Å². The summed E-state index contributed by atoms with van der Waals surface area (Å²) in [6.07, 6.45) is 5.23. The van der Waals surface area contributed by atoms with Gasteiger partial charge in [-0.2, -0.15) is 0 Å². The smallest absolute Gasteiger partial charge is 0.395 e. The number of rotatable bonds is 12. The van der Waals surface area contributed by atoms with Crippen LogP contribution in [0, 0.1) is 5.92 Å². The highest BCUT2D eigenvalue weighted by Gasteiger charge is 2.12. The predicted molar refractivity (Wildman–Crippen MR) is 83.0 cm³/mol. The first-order valence-electron chi connectivity index (χ1n) is 7.46. The molecule has 0 aliphatic heterocycles. The molecule has 0 aromatic rings. The van der Waals surface area contributed by atoms with Gasteiger partial charge in [0.25, 0.3) is 0 Å². The molecule has 130 valence electrons. The van der Waals surface area contributed by atoms with E-state index in [-0.39, 0.29) is 19.8 Å². The monoisotopic (exact) mass is 329 g/mol. The summed E-state index contributed by atoms with van der Waals surface area (Å²) in [7, 11) is -4.24. The molecule has 0 aliphatic rings. The van der Waals surface area contributed by atoms with Crippen molar-refractivity contribution in [2.45, 2.75) is 46.0 Å². The first-order chi connectivity index (χ1) is 9.83. The highest BCUT2D eigenvalue weighted by molar-refractivity contribution is 7.46. The summed E-state index contributed by atoms with van der Waals surface area (Å²) >= 11 is 0. The van der Waals surface area contributed by atoms with E-state index in [0.29, 0.717) is 13.1 Å². The van der Waals surface area contributed by atoms with Crippen LogP contribution >= 0.6 is 7.82 Å². The lowest BCUT2D eigenvalue weighted by atomic mass is 10.0. The molecule has 21 heavy (non-hydrogen) atoms. The SMILES string of the molecule is CC(C)CCCCCCOP(=O)(O)O.OCCNCCO. The number of phosphoric acid groups is 1. The lowest BCUT2D eigenvalue weighted by molar-refractivity contribution is 0.193. The van der Waals surface area contributed by atoms with Crippen LogP contribution in [0.5, 0.6) is 0 Å². The van der Waals surface area contributed by atoms with Crippen LogP contribution in [0.2, 0.25) is 0 Å². The summed E-state index contributed by atoms with van der Waals surface area (Å²) in [6.45, 7) is 5.96. The van der Waals surface area contributed by atoms with E-state index in [1.165, 1.54) is 12.8 Å². The molecule has 0 bridgehead atoms. The fourth-order valence-corrected chi connectivity index (χ4v) is 1.84. The van der Waals surface area contributed by atoms with Gasteiger partial charge in [-0.05, 0) is 12.3 Å². The van der Waals surface area contributed by atoms with E-state index in [1.807, 2.05) is 0 Å². The van der Waals surface area contributed by atoms with Crippen molar-refractivity contribution in [2.75, 3.05) is 32.9 Å². The summed E-state index contributed by atoms with van der Waals surface area (Å²) in [4.78, 5) is 16.8. The van der Waals surface area contributed by atoms with E-state index < -0.39 is 7.82 Å². The fraction of sp³-hybridized carbons (Fsp3) is 1.00. The van der Waals surface area contributed by atoms with Gasteiger partial charge in [0.2, 0.25) is 0 Å². The molecule has 5 N–H and O–H groups in total. The second kappa shape index (κ2) is 16.4. The van der Waals surface area contributed by atoms with E-state index in [9.17, 15) is 4.57 Å². The van der Waals surface area contributed by atoms with Crippen molar-refractivity contribution in [2.24, 2.45) is 5.92 Å². The van der Waals surface area contributed by atoms with Crippen molar-refractivity contribution < 1.29 is 29.1 Å². The van der Waals surface area contributed by atoms with Crippen LogP contribution in [0.15, 0.2) is 0 Å². The molecule has 0 aromatic heterocycles. The maximum atomic E-state index is 10.3. The molecular weight excluding hydrogens is 297 g/mol. The van der Waals surface area contributed by atoms with Gasteiger partial charge in [0.1, 0.15) is 0 Å². The number of unbranched alkanes of at least 4 members (excludes halogenated alkanes) is 3. The first-order valence-corrected chi connectivity index (χ1v) is 8.99. The van der Waals surface area contributed by atoms with Crippen LogP contribution in [0.25, 0.3) is 0 Å². The van der Waals surface area contributed by atoms with Gasteiger partial charge >= 0.3 is 7.82 Å². The maximum absolute atomic E-state index is 10.3. The van der Waals surface area contributed by atoms with Crippen LogP contribution < -0.4 is 5.32 Å². The molecule has 0 amide bonds. The third-order valence-electron chi connectivity index (χ3n) is 2.51. The summed E-state index contributed by atoms with van der Waals surface area (Å²) in [5.41, 5.74) is 0. The van der Waals surface area contributed by atoms with Crippen molar-refractivity contribution in [3.8, 4) is 0 Å². The van der Waals surface area contributed by atoms with E-state index in [0.717, 1.165) is 25.2 Å². The Morgan fingerprint density at radius 3 is 1.95 bits per heavy atom. The van der Waals surface area contributed by atoms with Crippen molar-refractivity contribution >= 4 is 7.82 Å². The summed E-state index contributed by atoms with van der Waals surface area (Å²) in [6, 6.07) is 0.